The second kappa shape index (κ2) is 9.21. The van der Waals surface area contributed by atoms with E-state index >= 15 is 0 Å². The molecule has 27 heavy (non-hydrogen) atoms. The number of amides is 2. The van der Waals surface area contributed by atoms with E-state index in [4.69, 9.17) is 4.74 Å². The lowest BCUT2D eigenvalue weighted by Crippen LogP contribution is -2.31. The van der Waals surface area contributed by atoms with E-state index in [0.717, 1.165) is 37.1 Å². The van der Waals surface area contributed by atoms with Gasteiger partial charge in [-0.25, -0.2) is 0 Å². The van der Waals surface area contributed by atoms with E-state index in [0.29, 0.717) is 11.3 Å². The van der Waals surface area contributed by atoms with E-state index in [1.807, 2.05) is 53.4 Å². The van der Waals surface area contributed by atoms with Crippen LogP contribution in [-0.2, 0) is 4.79 Å². The maximum atomic E-state index is 12.7. The van der Waals surface area contributed by atoms with Crippen LogP contribution in [0.25, 0.3) is 11.1 Å². The lowest BCUT2D eigenvalue weighted by molar-refractivity contribution is -0.122. The molecule has 1 aliphatic heterocycles. The van der Waals surface area contributed by atoms with Gasteiger partial charge in [0.1, 0.15) is 5.75 Å². The van der Waals surface area contributed by atoms with Crippen molar-refractivity contribution in [2.24, 2.45) is 0 Å². The number of likely N-dealkylation sites (tertiary alicyclic amines) is 1. The average Bonchev–Trinajstić information content (AvgIpc) is 3.01. The summed E-state index contributed by atoms with van der Waals surface area (Å²) in [5.41, 5.74) is 2.56. The van der Waals surface area contributed by atoms with E-state index in [-0.39, 0.29) is 18.4 Å². The zero-order chi connectivity index (χ0) is 19.1. The summed E-state index contributed by atoms with van der Waals surface area (Å²) in [5.74, 6) is 0.573. The van der Waals surface area contributed by atoms with Gasteiger partial charge in [-0.15, -0.1) is 0 Å². The Morgan fingerprint density at radius 3 is 2.30 bits per heavy atom. The fraction of sp³-hybridized carbons (Fsp3) is 0.364. The van der Waals surface area contributed by atoms with Gasteiger partial charge in [0, 0.05) is 31.3 Å². The first kappa shape index (κ1) is 19.0. The van der Waals surface area contributed by atoms with Crippen molar-refractivity contribution >= 4 is 11.8 Å². The second-order valence-electron chi connectivity index (χ2n) is 6.74. The molecule has 2 amide bonds. The molecule has 1 saturated heterocycles. The number of hydrogen-bond acceptors (Lipinski definition) is 3. The molecule has 0 unspecified atom stereocenters. The van der Waals surface area contributed by atoms with Crippen LogP contribution >= 0.6 is 0 Å². The average molecular weight is 366 g/mol. The number of likely N-dealkylation sites (N-methyl/N-ethyl adjacent to an activating group) is 1. The third kappa shape index (κ3) is 4.88. The number of nitrogens with zero attached hydrogens (tertiary/aromatic N) is 1. The van der Waals surface area contributed by atoms with Gasteiger partial charge in [0.15, 0.2) is 6.61 Å². The van der Waals surface area contributed by atoms with Gasteiger partial charge in [-0.1, -0.05) is 43.2 Å². The highest BCUT2D eigenvalue weighted by atomic mass is 16.5. The molecule has 0 atom stereocenters. The Morgan fingerprint density at radius 1 is 0.963 bits per heavy atom. The van der Waals surface area contributed by atoms with Crippen molar-refractivity contribution in [3.05, 3.63) is 54.1 Å². The Morgan fingerprint density at radius 2 is 1.63 bits per heavy atom. The largest absolute Gasteiger partial charge is 0.483 e. The zero-order valence-corrected chi connectivity index (χ0v) is 15.7. The van der Waals surface area contributed by atoms with E-state index in [1.165, 1.54) is 12.8 Å². The van der Waals surface area contributed by atoms with Crippen LogP contribution in [0, 0.1) is 0 Å². The normalized spacial score (nSPS) is 14.3. The lowest BCUT2D eigenvalue weighted by atomic mass is 10.0. The van der Waals surface area contributed by atoms with Crippen molar-refractivity contribution in [2.75, 3.05) is 26.7 Å². The molecule has 1 aliphatic rings. The number of ether oxygens (including phenoxy) is 1. The number of hydrogen-bond donors (Lipinski definition) is 1. The molecule has 0 saturated carbocycles. The highest BCUT2D eigenvalue weighted by Crippen LogP contribution is 2.30. The molecule has 0 aliphatic carbocycles. The van der Waals surface area contributed by atoms with Crippen molar-refractivity contribution in [3.63, 3.8) is 0 Å². The SMILES string of the molecule is CNC(=O)COc1ccccc1-c1ccc(C(=O)N2CCCCCC2)cc1. The number of rotatable bonds is 5. The summed E-state index contributed by atoms with van der Waals surface area (Å²) in [5, 5.41) is 2.54. The standard InChI is InChI=1S/C22H26N2O3/c1-23-21(25)16-27-20-9-5-4-8-19(20)17-10-12-18(13-11-17)22(26)24-14-6-2-3-7-15-24/h4-5,8-13H,2-3,6-7,14-16H2,1H3,(H,23,25). The fourth-order valence-electron chi connectivity index (χ4n) is 3.30. The van der Waals surface area contributed by atoms with Crippen molar-refractivity contribution < 1.29 is 14.3 Å². The lowest BCUT2D eigenvalue weighted by Gasteiger charge is -2.20. The summed E-state index contributed by atoms with van der Waals surface area (Å²) < 4.78 is 5.64. The first-order chi connectivity index (χ1) is 13.2. The summed E-state index contributed by atoms with van der Waals surface area (Å²) in [6, 6.07) is 15.2. The van der Waals surface area contributed by atoms with Gasteiger partial charge in [-0.05, 0) is 36.6 Å². The molecule has 5 heteroatoms. The Hall–Kier alpha value is -2.82. The van der Waals surface area contributed by atoms with Gasteiger partial charge >= 0.3 is 0 Å². The van der Waals surface area contributed by atoms with Crippen LogP contribution in [0.15, 0.2) is 48.5 Å². The summed E-state index contributed by atoms with van der Waals surface area (Å²) in [6.07, 6.45) is 4.57. The quantitative estimate of drug-likeness (QED) is 0.881. The Balaban J connectivity index is 1.75. The molecule has 0 radical (unpaired) electrons. The van der Waals surface area contributed by atoms with Crippen molar-refractivity contribution in [3.8, 4) is 16.9 Å². The topological polar surface area (TPSA) is 58.6 Å². The van der Waals surface area contributed by atoms with Gasteiger partial charge in [-0.2, -0.15) is 0 Å². The van der Waals surface area contributed by atoms with Gasteiger partial charge in [-0.3, -0.25) is 9.59 Å². The summed E-state index contributed by atoms with van der Waals surface area (Å²) >= 11 is 0. The molecule has 2 aromatic carbocycles. The van der Waals surface area contributed by atoms with Crippen LogP contribution in [0.5, 0.6) is 5.75 Å². The molecule has 2 aromatic rings. The van der Waals surface area contributed by atoms with Crippen LogP contribution in [0.4, 0.5) is 0 Å². The highest BCUT2D eigenvalue weighted by Gasteiger charge is 2.17. The first-order valence-electron chi connectivity index (χ1n) is 9.51. The minimum absolute atomic E-state index is 0.0287. The summed E-state index contributed by atoms with van der Waals surface area (Å²) in [6.45, 7) is 1.66. The molecule has 1 N–H and O–H groups in total. The molecule has 1 heterocycles. The van der Waals surface area contributed by atoms with Crippen LogP contribution in [0.1, 0.15) is 36.0 Å². The summed E-state index contributed by atoms with van der Waals surface area (Å²) in [4.78, 5) is 26.1. The number of benzene rings is 2. The van der Waals surface area contributed by atoms with Crippen LogP contribution < -0.4 is 10.1 Å². The maximum absolute atomic E-state index is 12.7. The highest BCUT2D eigenvalue weighted by molar-refractivity contribution is 5.94. The number of carbonyl (C=O) groups is 2. The third-order valence-corrected chi connectivity index (χ3v) is 4.86. The zero-order valence-electron chi connectivity index (χ0n) is 15.7. The van der Waals surface area contributed by atoms with E-state index < -0.39 is 0 Å². The minimum Gasteiger partial charge on any atom is -0.483 e. The van der Waals surface area contributed by atoms with Crippen molar-refractivity contribution in [1.29, 1.82) is 0 Å². The van der Waals surface area contributed by atoms with E-state index in [9.17, 15) is 9.59 Å². The van der Waals surface area contributed by atoms with E-state index in [2.05, 4.69) is 5.32 Å². The smallest absolute Gasteiger partial charge is 0.257 e. The molecule has 5 nitrogen and oxygen atoms in total. The summed E-state index contributed by atoms with van der Waals surface area (Å²) in [7, 11) is 1.58. The molecule has 0 aromatic heterocycles. The van der Waals surface area contributed by atoms with E-state index in [1.54, 1.807) is 7.05 Å². The molecular weight excluding hydrogens is 340 g/mol. The Labute approximate surface area is 160 Å². The molecule has 3 rings (SSSR count). The molecule has 0 bridgehead atoms. The Bertz CT molecular complexity index is 778. The maximum Gasteiger partial charge on any atom is 0.257 e. The van der Waals surface area contributed by atoms with Crippen LogP contribution in [-0.4, -0.2) is 43.5 Å². The Kier molecular flexibility index (Phi) is 6.47. The van der Waals surface area contributed by atoms with Crippen molar-refractivity contribution in [1.82, 2.24) is 10.2 Å². The molecular formula is C22H26N2O3. The van der Waals surface area contributed by atoms with Gasteiger partial charge in [0.2, 0.25) is 0 Å². The molecule has 142 valence electrons. The first-order valence-corrected chi connectivity index (χ1v) is 9.51. The predicted molar refractivity (Wildman–Crippen MR) is 106 cm³/mol. The molecule has 0 spiro atoms. The second-order valence-corrected chi connectivity index (χ2v) is 6.74. The third-order valence-electron chi connectivity index (χ3n) is 4.86. The van der Waals surface area contributed by atoms with Crippen LogP contribution in [0.3, 0.4) is 0 Å². The fourth-order valence-corrected chi connectivity index (χ4v) is 3.30. The van der Waals surface area contributed by atoms with Gasteiger partial charge in [0.25, 0.3) is 11.8 Å². The van der Waals surface area contributed by atoms with Crippen molar-refractivity contribution in [2.45, 2.75) is 25.7 Å². The minimum atomic E-state index is -0.178. The van der Waals surface area contributed by atoms with Gasteiger partial charge in [0.05, 0.1) is 0 Å². The number of carbonyl (C=O) groups excluding carboxylic acids is 2. The van der Waals surface area contributed by atoms with Gasteiger partial charge < -0.3 is 15.0 Å². The van der Waals surface area contributed by atoms with Crippen LogP contribution in [0.2, 0.25) is 0 Å². The predicted octanol–water partition coefficient (Wildman–Crippen LogP) is 3.49. The molecule has 1 fully saturated rings. The monoisotopic (exact) mass is 366 g/mol. The number of nitrogens with one attached hydrogen (secondary N) is 1. The number of para-hydroxylation sites is 1.